The summed E-state index contributed by atoms with van der Waals surface area (Å²) in [6.07, 6.45) is -0.562. The van der Waals surface area contributed by atoms with E-state index >= 15 is 0 Å². The van der Waals surface area contributed by atoms with Gasteiger partial charge in [0.15, 0.2) is 6.10 Å². The van der Waals surface area contributed by atoms with Crippen LogP contribution in [-0.2, 0) is 14.3 Å². The van der Waals surface area contributed by atoms with Gasteiger partial charge in [-0.2, -0.15) is 0 Å². The van der Waals surface area contributed by atoms with Crippen LogP contribution in [0.5, 0.6) is 0 Å². The Labute approximate surface area is 126 Å². The molecule has 0 bridgehead atoms. The quantitative estimate of drug-likeness (QED) is 0.791. The molecule has 0 saturated carbocycles. The van der Waals surface area contributed by atoms with Crippen LogP contribution in [0.25, 0.3) is 0 Å². The molecule has 0 aliphatic heterocycles. The van der Waals surface area contributed by atoms with Gasteiger partial charge in [0.05, 0.1) is 0 Å². The minimum Gasteiger partial charge on any atom is -0.368 e. The first kappa shape index (κ1) is 16.4. The van der Waals surface area contributed by atoms with Crippen molar-refractivity contribution in [3.05, 3.63) is 47.0 Å². The zero-order valence-electron chi connectivity index (χ0n) is 11.1. The predicted molar refractivity (Wildman–Crippen MR) is 80.0 cm³/mol. The van der Waals surface area contributed by atoms with Crippen molar-refractivity contribution in [2.75, 3.05) is 7.11 Å². The molecule has 2 amide bonds. The van der Waals surface area contributed by atoms with Crippen molar-refractivity contribution in [2.24, 2.45) is 5.73 Å². The van der Waals surface area contributed by atoms with Gasteiger partial charge in [0.1, 0.15) is 6.04 Å². The summed E-state index contributed by atoms with van der Waals surface area (Å²) >= 11 is 3.15. The summed E-state index contributed by atoms with van der Waals surface area (Å²) in [5, 5.41) is 2.57. The van der Waals surface area contributed by atoms with Crippen LogP contribution in [0.15, 0.2) is 41.4 Å². The zero-order chi connectivity index (χ0) is 15.1. The molecule has 20 heavy (non-hydrogen) atoms. The first-order valence-electron chi connectivity index (χ1n) is 5.96. The maximum Gasteiger partial charge on any atom is 0.254 e. The third kappa shape index (κ3) is 4.79. The van der Waals surface area contributed by atoms with E-state index in [1.54, 1.807) is 24.3 Å². The number of hydrogen-bond donors (Lipinski definition) is 2. The fourth-order valence-corrected chi connectivity index (χ4v) is 2.04. The van der Waals surface area contributed by atoms with Crippen LogP contribution in [0.3, 0.4) is 0 Å². The molecule has 0 unspecified atom stereocenters. The molecule has 0 aliphatic carbocycles. The lowest BCUT2D eigenvalue weighted by atomic mass is 10.1. The van der Waals surface area contributed by atoms with Crippen LogP contribution in [-0.4, -0.2) is 25.0 Å². The highest BCUT2D eigenvalue weighted by Gasteiger charge is 2.25. The van der Waals surface area contributed by atoms with Gasteiger partial charge in [0.25, 0.3) is 5.91 Å². The molecule has 0 spiro atoms. The van der Waals surface area contributed by atoms with E-state index in [4.69, 9.17) is 10.5 Å². The van der Waals surface area contributed by atoms with Crippen LogP contribution in [0.1, 0.15) is 18.1 Å². The highest BCUT2D eigenvalue weighted by molar-refractivity contribution is 9.11. The zero-order valence-corrected chi connectivity index (χ0v) is 12.7. The van der Waals surface area contributed by atoms with Crippen LogP contribution in [0.4, 0.5) is 0 Å². The van der Waals surface area contributed by atoms with Gasteiger partial charge in [-0.3, -0.25) is 9.59 Å². The van der Waals surface area contributed by atoms with Crippen LogP contribution >= 0.6 is 15.9 Å². The molecule has 1 aromatic rings. The number of nitrogens with one attached hydrogen (secondary N) is 1. The third-order valence-corrected chi connectivity index (χ3v) is 2.99. The summed E-state index contributed by atoms with van der Waals surface area (Å²) < 4.78 is 5.76. The second-order valence-corrected chi connectivity index (χ2v) is 5.33. The standard InChI is InChI=1S/C14H17BrN2O3/c1-9(15)8-11(13(16)18)17-14(19)12(20-2)10-6-4-3-5-7-10/h3-7,11-12H,1,8H2,2H3,(H2,16,18)(H,17,19)/t11-,12+/m0/s1. The minimum absolute atomic E-state index is 0.228. The van der Waals surface area contributed by atoms with Gasteiger partial charge in [0, 0.05) is 13.5 Å². The Morgan fingerprint density at radius 3 is 2.45 bits per heavy atom. The maximum atomic E-state index is 12.2. The predicted octanol–water partition coefficient (Wildman–Crippen LogP) is 1.64. The van der Waals surface area contributed by atoms with Gasteiger partial charge in [-0.15, -0.1) is 0 Å². The van der Waals surface area contributed by atoms with Gasteiger partial charge in [-0.1, -0.05) is 52.8 Å². The Bertz CT molecular complexity index is 490. The lowest BCUT2D eigenvalue weighted by Gasteiger charge is -2.20. The molecule has 0 saturated heterocycles. The number of hydrogen-bond acceptors (Lipinski definition) is 3. The monoisotopic (exact) mass is 340 g/mol. The Hall–Kier alpha value is -1.66. The summed E-state index contributed by atoms with van der Waals surface area (Å²) in [6, 6.07) is 8.18. The number of rotatable bonds is 7. The van der Waals surface area contributed by atoms with Crippen LogP contribution < -0.4 is 11.1 Å². The SMILES string of the molecule is C=C(Br)C[C@H](NC(=O)[C@H](OC)c1ccccc1)C(N)=O. The van der Waals surface area contributed by atoms with E-state index in [1.165, 1.54) is 7.11 Å². The minimum atomic E-state index is -0.823. The summed E-state index contributed by atoms with van der Waals surface area (Å²) in [5.74, 6) is -1.04. The largest absolute Gasteiger partial charge is 0.368 e. The molecule has 108 valence electrons. The van der Waals surface area contributed by atoms with Crippen molar-refractivity contribution < 1.29 is 14.3 Å². The molecule has 0 radical (unpaired) electrons. The molecule has 2 atom stereocenters. The van der Waals surface area contributed by atoms with Gasteiger partial charge in [0.2, 0.25) is 5.91 Å². The van der Waals surface area contributed by atoms with E-state index in [9.17, 15) is 9.59 Å². The second kappa shape index (κ2) is 7.81. The van der Waals surface area contributed by atoms with Crippen molar-refractivity contribution in [2.45, 2.75) is 18.6 Å². The van der Waals surface area contributed by atoms with Crippen molar-refractivity contribution >= 4 is 27.7 Å². The van der Waals surface area contributed by atoms with Gasteiger partial charge in [-0.25, -0.2) is 0 Å². The summed E-state index contributed by atoms with van der Waals surface area (Å²) in [4.78, 5) is 23.5. The number of ether oxygens (including phenoxy) is 1. The molecule has 6 heteroatoms. The molecule has 1 rings (SSSR count). The summed E-state index contributed by atoms with van der Waals surface area (Å²) in [7, 11) is 1.43. The smallest absolute Gasteiger partial charge is 0.254 e. The number of carbonyl (C=O) groups is 2. The Morgan fingerprint density at radius 1 is 1.40 bits per heavy atom. The Balaban J connectivity index is 2.81. The van der Waals surface area contributed by atoms with Crippen molar-refractivity contribution in [1.29, 1.82) is 0 Å². The van der Waals surface area contributed by atoms with Gasteiger partial charge in [-0.05, 0) is 10.0 Å². The lowest BCUT2D eigenvalue weighted by Crippen LogP contribution is -2.46. The fourth-order valence-electron chi connectivity index (χ4n) is 1.71. The van der Waals surface area contributed by atoms with Crippen LogP contribution in [0.2, 0.25) is 0 Å². The molecule has 5 nitrogen and oxygen atoms in total. The maximum absolute atomic E-state index is 12.2. The van der Waals surface area contributed by atoms with E-state index in [-0.39, 0.29) is 6.42 Å². The molecule has 3 N–H and O–H groups in total. The number of amides is 2. The Kier molecular flexibility index (Phi) is 6.41. The lowest BCUT2D eigenvalue weighted by molar-refractivity contribution is -0.134. The number of benzene rings is 1. The number of halogens is 1. The van der Waals surface area contributed by atoms with E-state index in [1.807, 2.05) is 6.07 Å². The molecule has 1 aromatic carbocycles. The molecule has 0 aromatic heterocycles. The average molecular weight is 341 g/mol. The molecule has 0 aliphatic rings. The average Bonchev–Trinajstić information content (AvgIpc) is 2.39. The number of carbonyl (C=O) groups excluding carboxylic acids is 2. The topological polar surface area (TPSA) is 81.4 Å². The molecule has 0 fully saturated rings. The van der Waals surface area contributed by atoms with Crippen molar-refractivity contribution in [1.82, 2.24) is 5.32 Å². The second-order valence-electron chi connectivity index (χ2n) is 4.21. The third-order valence-electron chi connectivity index (χ3n) is 2.66. The van der Waals surface area contributed by atoms with Crippen molar-refractivity contribution in [3.8, 4) is 0 Å². The van der Waals surface area contributed by atoms with Gasteiger partial charge < -0.3 is 15.8 Å². The van der Waals surface area contributed by atoms with E-state index in [0.717, 1.165) is 0 Å². The molecule has 0 heterocycles. The first-order chi connectivity index (χ1) is 9.45. The molecular weight excluding hydrogens is 324 g/mol. The number of primary amides is 1. The summed E-state index contributed by atoms with van der Waals surface area (Å²) in [6.45, 7) is 3.63. The molecular formula is C14H17BrN2O3. The van der Waals surface area contributed by atoms with E-state index < -0.39 is 24.0 Å². The number of methoxy groups -OCH3 is 1. The fraction of sp³-hybridized carbons (Fsp3) is 0.286. The summed E-state index contributed by atoms with van der Waals surface area (Å²) in [5.41, 5.74) is 5.96. The van der Waals surface area contributed by atoms with Gasteiger partial charge >= 0.3 is 0 Å². The van der Waals surface area contributed by atoms with Crippen molar-refractivity contribution in [3.63, 3.8) is 0 Å². The van der Waals surface area contributed by atoms with E-state index in [2.05, 4.69) is 27.8 Å². The Morgan fingerprint density at radius 2 is 2.00 bits per heavy atom. The van der Waals surface area contributed by atoms with Crippen LogP contribution in [0, 0.1) is 0 Å². The highest BCUT2D eigenvalue weighted by Crippen LogP contribution is 2.17. The highest BCUT2D eigenvalue weighted by atomic mass is 79.9. The first-order valence-corrected chi connectivity index (χ1v) is 6.75. The normalized spacial score (nSPS) is 13.3. The van der Waals surface area contributed by atoms with E-state index in [0.29, 0.717) is 10.0 Å². The number of nitrogens with two attached hydrogens (primary N) is 1.